The lowest BCUT2D eigenvalue weighted by molar-refractivity contribution is 0.0756. The van der Waals surface area contributed by atoms with Gasteiger partial charge in [-0.25, -0.2) is 0 Å². The van der Waals surface area contributed by atoms with E-state index in [0.717, 1.165) is 37.7 Å². The van der Waals surface area contributed by atoms with Crippen molar-refractivity contribution in [3.05, 3.63) is 11.6 Å². The highest BCUT2D eigenvalue weighted by Gasteiger charge is 2.28. The van der Waals surface area contributed by atoms with Gasteiger partial charge in [0.2, 0.25) is 0 Å². The fourth-order valence-corrected chi connectivity index (χ4v) is 2.53. The highest BCUT2D eigenvalue weighted by molar-refractivity contribution is 6.16. The van der Waals surface area contributed by atoms with Gasteiger partial charge < -0.3 is 9.30 Å². The van der Waals surface area contributed by atoms with Crippen LogP contribution in [0.5, 0.6) is 0 Å². The first-order valence-electron chi connectivity index (χ1n) is 6.12. The van der Waals surface area contributed by atoms with Crippen molar-refractivity contribution in [2.75, 3.05) is 13.2 Å². The van der Waals surface area contributed by atoms with E-state index >= 15 is 0 Å². The van der Waals surface area contributed by atoms with E-state index in [1.165, 1.54) is 0 Å². The maximum Gasteiger partial charge on any atom is 0.148 e. The molecule has 0 aliphatic carbocycles. The molecule has 4 nitrogen and oxygen atoms in total. The van der Waals surface area contributed by atoms with Crippen LogP contribution >= 0.6 is 11.6 Å². The van der Waals surface area contributed by atoms with Gasteiger partial charge in [0.05, 0.1) is 12.5 Å². The fraction of sp³-hybridized carbons (Fsp3) is 0.833. The molecule has 17 heavy (non-hydrogen) atoms. The molecule has 0 bridgehead atoms. The molecule has 96 valence electrons. The smallest absolute Gasteiger partial charge is 0.148 e. The minimum absolute atomic E-state index is 0.0412. The van der Waals surface area contributed by atoms with Gasteiger partial charge in [0.15, 0.2) is 0 Å². The van der Waals surface area contributed by atoms with Crippen molar-refractivity contribution in [1.29, 1.82) is 0 Å². The molecule has 5 heteroatoms. The lowest BCUT2D eigenvalue weighted by Gasteiger charge is -2.29. The summed E-state index contributed by atoms with van der Waals surface area (Å²) in [5, 5.41) is 8.53. The molecule has 1 unspecified atom stereocenters. The molecule has 0 amide bonds. The highest BCUT2D eigenvalue weighted by atomic mass is 35.5. The molecule has 1 aliphatic heterocycles. The molecule has 0 aromatic carbocycles. The predicted molar refractivity (Wildman–Crippen MR) is 67.4 cm³/mol. The Morgan fingerprint density at radius 3 is 2.71 bits per heavy atom. The number of nitrogens with zero attached hydrogens (tertiary/aromatic N) is 3. The summed E-state index contributed by atoms with van der Waals surface area (Å²) in [6, 6.07) is 0. The molecule has 1 saturated heterocycles. The zero-order valence-corrected chi connectivity index (χ0v) is 11.5. The molecule has 0 spiro atoms. The summed E-state index contributed by atoms with van der Waals surface area (Å²) in [4.78, 5) is 0. The van der Waals surface area contributed by atoms with E-state index < -0.39 is 0 Å². The second kappa shape index (κ2) is 4.94. The number of hydrogen-bond acceptors (Lipinski definition) is 3. The SMILES string of the molecule is CC(C)(C)n1c(CCl)nnc1C1CCCOC1. The number of rotatable bonds is 2. The number of halogens is 1. The molecule has 2 rings (SSSR count). The largest absolute Gasteiger partial charge is 0.381 e. The lowest BCUT2D eigenvalue weighted by Crippen LogP contribution is -2.29. The third kappa shape index (κ3) is 2.63. The summed E-state index contributed by atoms with van der Waals surface area (Å²) in [5.41, 5.74) is -0.0412. The number of alkyl halides is 1. The quantitative estimate of drug-likeness (QED) is 0.765. The molecule has 0 radical (unpaired) electrons. The Bertz CT molecular complexity index is 378. The van der Waals surface area contributed by atoms with Gasteiger partial charge in [-0.1, -0.05) is 0 Å². The van der Waals surface area contributed by atoms with Crippen molar-refractivity contribution < 1.29 is 4.74 Å². The third-order valence-electron chi connectivity index (χ3n) is 3.07. The average Bonchev–Trinajstić information content (AvgIpc) is 2.73. The Morgan fingerprint density at radius 2 is 2.18 bits per heavy atom. The molecular formula is C12H20ClN3O. The van der Waals surface area contributed by atoms with Gasteiger partial charge in [-0.15, -0.1) is 21.8 Å². The minimum Gasteiger partial charge on any atom is -0.381 e. The van der Waals surface area contributed by atoms with Gasteiger partial charge in [-0.05, 0) is 33.6 Å². The zero-order valence-electron chi connectivity index (χ0n) is 10.7. The van der Waals surface area contributed by atoms with Crippen LogP contribution in [0.3, 0.4) is 0 Å². The Labute approximate surface area is 107 Å². The van der Waals surface area contributed by atoms with Crippen LogP contribution in [0.1, 0.15) is 51.2 Å². The number of aromatic nitrogens is 3. The van der Waals surface area contributed by atoms with Crippen LogP contribution < -0.4 is 0 Å². The highest BCUT2D eigenvalue weighted by Crippen LogP contribution is 2.29. The third-order valence-corrected chi connectivity index (χ3v) is 3.31. The predicted octanol–water partition coefficient (Wildman–Crippen LogP) is 2.67. The monoisotopic (exact) mass is 257 g/mol. The van der Waals surface area contributed by atoms with Crippen LogP contribution in [0.15, 0.2) is 0 Å². The zero-order chi connectivity index (χ0) is 12.5. The van der Waals surface area contributed by atoms with Gasteiger partial charge in [0.25, 0.3) is 0 Å². The van der Waals surface area contributed by atoms with E-state index in [1.807, 2.05) is 0 Å². The average molecular weight is 258 g/mol. The van der Waals surface area contributed by atoms with E-state index in [9.17, 15) is 0 Å². The van der Waals surface area contributed by atoms with Crippen molar-refractivity contribution in [2.24, 2.45) is 0 Å². The van der Waals surface area contributed by atoms with E-state index in [1.54, 1.807) is 0 Å². The maximum absolute atomic E-state index is 5.94. The van der Waals surface area contributed by atoms with E-state index in [0.29, 0.717) is 11.8 Å². The lowest BCUT2D eigenvalue weighted by atomic mass is 9.99. The molecular weight excluding hydrogens is 238 g/mol. The number of ether oxygens (including phenoxy) is 1. The Hall–Kier alpha value is -0.610. The van der Waals surface area contributed by atoms with Crippen LogP contribution in [0.4, 0.5) is 0 Å². The van der Waals surface area contributed by atoms with Crippen molar-refractivity contribution in [1.82, 2.24) is 14.8 Å². The first-order valence-corrected chi connectivity index (χ1v) is 6.66. The molecule has 2 heterocycles. The van der Waals surface area contributed by atoms with Gasteiger partial charge in [0, 0.05) is 18.1 Å². The molecule has 1 aromatic rings. The molecule has 1 aromatic heterocycles. The Balaban J connectivity index is 2.36. The summed E-state index contributed by atoms with van der Waals surface area (Å²) in [5.74, 6) is 2.62. The Kier molecular flexibility index (Phi) is 3.73. The van der Waals surface area contributed by atoms with Crippen LogP contribution in [0.2, 0.25) is 0 Å². The second-order valence-electron chi connectivity index (χ2n) is 5.53. The van der Waals surface area contributed by atoms with Crippen LogP contribution in [0, 0.1) is 0 Å². The van der Waals surface area contributed by atoms with Crippen LogP contribution in [-0.2, 0) is 16.2 Å². The molecule has 0 N–H and O–H groups in total. The van der Waals surface area contributed by atoms with Crippen LogP contribution in [0.25, 0.3) is 0 Å². The van der Waals surface area contributed by atoms with E-state index in [2.05, 4.69) is 35.5 Å². The summed E-state index contributed by atoms with van der Waals surface area (Å²) < 4.78 is 7.70. The van der Waals surface area contributed by atoms with Gasteiger partial charge in [-0.3, -0.25) is 0 Å². The normalized spacial score (nSPS) is 21.8. The van der Waals surface area contributed by atoms with Crippen molar-refractivity contribution >= 4 is 11.6 Å². The first-order chi connectivity index (χ1) is 8.04. The van der Waals surface area contributed by atoms with Gasteiger partial charge in [0.1, 0.15) is 11.6 Å². The standard InChI is InChI=1S/C12H20ClN3O/c1-12(2,3)16-10(7-13)14-15-11(16)9-5-4-6-17-8-9/h9H,4-8H2,1-3H3. The van der Waals surface area contributed by atoms with Gasteiger partial charge in [-0.2, -0.15) is 0 Å². The summed E-state index contributed by atoms with van der Waals surface area (Å²) in [6.45, 7) is 8.07. The van der Waals surface area contributed by atoms with Gasteiger partial charge >= 0.3 is 0 Å². The van der Waals surface area contributed by atoms with Crippen molar-refractivity contribution in [3.63, 3.8) is 0 Å². The summed E-state index contributed by atoms with van der Waals surface area (Å²) >= 11 is 5.94. The molecule has 1 aliphatic rings. The minimum atomic E-state index is -0.0412. The molecule has 1 atom stereocenters. The Morgan fingerprint density at radius 1 is 1.41 bits per heavy atom. The van der Waals surface area contributed by atoms with Crippen molar-refractivity contribution in [3.8, 4) is 0 Å². The summed E-state index contributed by atoms with van der Waals surface area (Å²) in [6.07, 6.45) is 2.22. The molecule has 0 saturated carbocycles. The number of hydrogen-bond donors (Lipinski definition) is 0. The second-order valence-corrected chi connectivity index (χ2v) is 5.80. The topological polar surface area (TPSA) is 39.9 Å². The van der Waals surface area contributed by atoms with E-state index in [4.69, 9.17) is 16.3 Å². The van der Waals surface area contributed by atoms with E-state index in [-0.39, 0.29) is 5.54 Å². The maximum atomic E-state index is 5.94. The fourth-order valence-electron chi connectivity index (χ4n) is 2.36. The first kappa shape index (κ1) is 12.8. The molecule has 1 fully saturated rings. The summed E-state index contributed by atoms with van der Waals surface area (Å²) in [7, 11) is 0. The van der Waals surface area contributed by atoms with Crippen molar-refractivity contribution in [2.45, 2.75) is 50.9 Å². The van der Waals surface area contributed by atoms with Crippen LogP contribution in [-0.4, -0.2) is 28.0 Å².